The Labute approximate surface area is 129 Å². The van der Waals surface area contributed by atoms with Crippen LogP contribution in [-0.4, -0.2) is 15.0 Å². The Morgan fingerprint density at radius 3 is 2.48 bits per heavy atom. The van der Waals surface area contributed by atoms with E-state index in [1.807, 2.05) is 6.07 Å². The van der Waals surface area contributed by atoms with E-state index >= 15 is 0 Å². The van der Waals surface area contributed by atoms with Crippen LogP contribution < -0.4 is 9.46 Å². The van der Waals surface area contributed by atoms with Gasteiger partial charge in [-0.15, -0.1) is 0 Å². The van der Waals surface area contributed by atoms with Crippen molar-refractivity contribution in [3.05, 3.63) is 53.1 Å². The van der Waals surface area contributed by atoms with Gasteiger partial charge in [0, 0.05) is 10.7 Å². The number of sulfonamides is 1. The van der Waals surface area contributed by atoms with Crippen molar-refractivity contribution in [1.29, 1.82) is 0 Å². The molecule has 2 aromatic carbocycles. The smallest absolute Gasteiger partial charge is 0.265 e. The maximum atomic E-state index is 12.5. The summed E-state index contributed by atoms with van der Waals surface area (Å²) in [6.45, 7) is 3.96. The van der Waals surface area contributed by atoms with Crippen molar-refractivity contribution in [3.63, 3.8) is 0 Å². The molecule has 112 valence electrons. The first-order chi connectivity index (χ1) is 9.94. The molecule has 1 N–H and O–H groups in total. The molecule has 2 rings (SSSR count). The SMILES string of the molecule is CCOc1cc(C)c(Cl)cc1S(=O)(=O)Nc1ccccc1. The van der Waals surface area contributed by atoms with E-state index < -0.39 is 10.0 Å². The molecule has 0 amide bonds. The molecule has 0 bridgehead atoms. The molecule has 0 fully saturated rings. The molecule has 4 nitrogen and oxygen atoms in total. The summed E-state index contributed by atoms with van der Waals surface area (Å²) < 4.78 is 33.0. The van der Waals surface area contributed by atoms with E-state index in [0.29, 0.717) is 23.1 Å². The number of hydrogen-bond acceptors (Lipinski definition) is 3. The summed E-state index contributed by atoms with van der Waals surface area (Å²) >= 11 is 6.05. The number of anilines is 1. The molecule has 0 saturated carbocycles. The van der Waals surface area contributed by atoms with E-state index in [-0.39, 0.29) is 4.90 Å². The van der Waals surface area contributed by atoms with Crippen molar-refractivity contribution >= 4 is 27.3 Å². The van der Waals surface area contributed by atoms with Crippen LogP contribution in [0.5, 0.6) is 5.75 Å². The summed E-state index contributed by atoms with van der Waals surface area (Å²) in [7, 11) is -3.76. The van der Waals surface area contributed by atoms with Gasteiger partial charge in [-0.25, -0.2) is 8.42 Å². The van der Waals surface area contributed by atoms with Gasteiger partial charge in [-0.2, -0.15) is 0 Å². The van der Waals surface area contributed by atoms with Crippen LogP contribution in [0.15, 0.2) is 47.4 Å². The average Bonchev–Trinajstić information content (AvgIpc) is 2.43. The Morgan fingerprint density at radius 1 is 1.19 bits per heavy atom. The second kappa shape index (κ2) is 6.37. The lowest BCUT2D eigenvalue weighted by Crippen LogP contribution is -2.14. The van der Waals surface area contributed by atoms with Crippen LogP contribution in [0.25, 0.3) is 0 Å². The Bertz CT molecular complexity index is 730. The van der Waals surface area contributed by atoms with Gasteiger partial charge < -0.3 is 4.74 Å². The fourth-order valence-corrected chi connectivity index (χ4v) is 3.27. The minimum Gasteiger partial charge on any atom is -0.492 e. The predicted octanol–water partition coefficient (Wildman–Crippen LogP) is 3.85. The number of rotatable bonds is 5. The number of halogens is 1. The van der Waals surface area contributed by atoms with Crippen molar-refractivity contribution in [1.82, 2.24) is 0 Å². The van der Waals surface area contributed by atoms with Gasteiger partial charge >= 0.3 is 0 Å². The molecule has 0 aliphatic rings. The van der Waals surface area contributed by atoms with Crippen molar-refractivity contribution in [2.45, 2.75) is 18.7 Å². The zero-order chi connectivity index (χ0) is 15.5. The number of hydrogen-bond donors (Lipinski definition) is 1. The largest absolute Gasteiger partial charge is 0.492 e. The van der Waals surface area contributed by atoms with Crippen LogP contribution in [0.4, 0.5) is 5.69 Å². The molecule has 0 saturated heterocycles. The molecular formula is C15H16ClNO3S. The van der Waals surface area contributed by atoms with Gasteiger partial charge in [-0.05, 0) is 43.7 Å². The lowest BCUT2D eigenvalue weighted by molar-refractivity contribution is 0.331. The molecule has 0 unspecified atom stereocenters. The minimum atomic E-state index is -3.76. The highest BCUT2D eigenvalue weighted by atomic mass is 35.5. The van der Waals surface area contributed by atoms with E-state index in [1.165, 1.54) is 6.07 Å². The third-order valence-electron chi connectivity index (χ3n) is 2.84. The molecule has 21 heavy (non-hydrogen) atoms. The van der Waals surface area contributed by atoms with E-state index in [0.717, 1.165) is 5.56 Å². The summed E-state index contributed by atoms with van der Waals surface area (Å²) in [5, 5.41) is 0.381. The average molecular weight is 326 g/mol. The molecular weight excluding hydrogens is 310 g/mol. The van der Waals surface area contributed by atoms with Crippen molar-refractivity contribution in [2.24, 2.45) is 0 Å². The lowest BCUT2D eigenvalue weighted by Gasteiger charge is -2.14. The lowest BCUT2D eigenvalue weighted by atomic mass is 10.2. The van der Waals surface area contributed by atoms with E-state index in [4.69, 9.17) is 16.3 Å². The predicted molar refractivity (Wildman–Crippen MR) is 84.6 cm³/mol. The summed E-state index contributed by atoms with van der Waals surface area (Å²) in [5.41, 5.74) is 1.25. The van der Waals surface area contributed by atoms with Crippen LogP contribution in [-0.2, 0) is 10.0 Å². The van der Waals surface area contributed by atoms with Gasteiger partial charge in [0.25, 0.3) is 10.0 Å². The van der Waals surface area contributed by atoms with Crippen molar-refractivity contribution < 1.29 is 13.2 Å². The number of para-hydroxylation sites is 1. The number of ether oxygens (including phenoxy) is 1. The van der Waals surface area contributed by atoms with Gasteiger partial charge in [0.1, 0.15) is 10.6 Å². The highest BCUT2D eigenvalue weighted by Gasteiger charge is 2.21. The van der Waals surface area contributed by atoms with Crippen molar-refractivity contribution in [3.8, 4) is 5.75 Å². The maximum Gasteiger partial charge on any atom is 0.265 e. The third kappa shape index (κ3) is 3.68. The first-order valence-electron chi connectivity index (χ1n) is 6.45. The highest BCUT2D eigenvalue weighted by Crippen LogP contribution is 2.31. The zero-order valence-electron chi connectivity index (χ0n) is 11.8. The molecule has 0 aromatic heterocycles. The Kier molecular flexibility index (Phi) is 4.75. The maximum absolute atomic E-state index is 12.5. The summed E-state index contributed by atoms with van der Waals surface area (Å²) in [6, 6.07) is 11.7. The topological polar surface area (TPSA) is 55.4 Å². The molecule has 0 spiro atoms. The molecule has 0 atom stereocenters. The van der Waals surface area contributed by atoms with E-state index in [1.54, 1.807) is 44.2 Å². The van der Waals surface area contributed by atoms with Gasteiger partial charge in [0.2, 0.25) is 0 Å². The molecule has 0 radical (unpaired) electrons. The second-order valence-electron chi connectivity index (χ2n) is 4.45. The molecule has 0 aliphatic heterocycles. The quantitative estimate of drug-likeness (QED) is 0.908. The van der Waals surface area contributed by atoms with Gasteiger partial charge in [0.15, 0.2) is 0 Å². The molecule has 6 heteroatoms. The molecule has 0 heterocycles. The second-order valence-corrected chi connectivity index (χ2v) is 6.51. The van der Waals surface area contributed by atoms with Crippen LogP contribution in [0, 0.1) is 6.92 Å². The number of aryl methyl sites for hydroxylation is 1. The Hall–Kier alpha value is -1.72. The third-order valence-corrected chi connectivity index (χ3v) is 4.65. The van der Waals surface area contributed by atoms with Crippen LogP contribution >= 0.6 is 11.6 Å². The normalized spacial score (nSPS) is 11.2. The first kappa shape index (κ1) is 15.7. The summed E-state index contributed by atoms with van der Waals surface area (Å²) in [6.07, 6.45) is 0. The van der Waals surface area contributed by atoms with Crippen LogP contribution in [0.3, 0.4) is 0 Å². The van der Waals surface area contributed by atoms with E-state index in [9.17, 15) is 8.42 Å². The van der Waals surface area contributed by atoms with Gasteiger partial charge in [0.05, 0.1) is 6.61 Å². The Balaban J connectivity index is 2.46. The minimum absolute atomic E-state index is 0.0313. The summed E-state index contributed by atoms with van der Waals surface area (Å²) in [5.74, 6) is 0.294. The van der Waals surface area contributed by atoms with Crippen LogP contribution in [0.2, 0.25) is 5.02 Å². The van der Waals surface area contributed by atoms with Gasteiger partial charge in [-0.1, -0.05) is 29.8 Å². The highest BCUT2D eigenvalue weighted by molar-refractivity contribution is 7.92. The number of benzene rings is 2. The molecule has 2 aromatic rings. The fourth-order valence-electron chi connectivity index (χ4n) is 1.83. The number of nitrogens with one attached hydrogen (secondary N) is 1. The first-order valence-corrected chi connectivity index (χ1v) is 8.31. The Morgan fingerprint density at radius 2 is 1.86 bits per heavy atom. The van der Waals surface area contributed by atoms with Gasteiger partial charge in [-0.3, -0.25) is 4.72 Å². The summed E-state index contributed by atoms with van der Waals surface area (Å²) in [4.78, 5) is 0.0313. The monoisotopic (exact) mass is 325 g/mol. The fraction of sp³-hybridized carbons (Fsp3) is 0.200. The molecule has 0 aliphatic carbocycles. The van der Waals surface area contributed by atoms with Crippen molar-refractivity contribution in [2.75, 3.05) is 11.3 Å². The van der Waals surface area contributed by atoms with Crippen LogP contribution in [0.1, 0.15) is 12.5 Å². The zero-order valence-corrected chi connectivity index (χ0v) is 13.3. The van der Waals surface area contributed by atoms with E-state index in [2.05, 4.69) is 4.72 Å². The standard InChI is InChI=1S/C15H16ClNO3S/c1-3-20-14-9-11(2)13(16)10-15(14)21(18,19)17-12-7-5-4-6-8-12/h4-10,17H,3H2,1-2H3.